The lowest BCUT2D eigenvalue weighted by atomic mass is 9.89. The van der Waals surface area contributed by atoms with Crippen molar-refractivity contribution in [1.82, 2.24) is 10.3 Å². The molecule has 1 aliphatic rings. The van der Waals surface area contributed by atoms with Crippen LogP contribution in [0.1, 0.15) is 69.3 Å². The second-order valence-electron chi connectivity index (χ2n) is 9.43. The molecule has 1 aromatic carbocycles. The van der Waals surface area contributed by atoms with E-state index in [1.54, 1.807) is 17.5 Å². The van der Waals surface area contributed by atoms with Crippen LogP contribution in [0.5, 0.6) is 0 Å². The van der Waals surface area contributed by atoms with Crippen LogP contribution in [-0.2, 0) is 9.47 Å². The van der Waals surface area contributed by atoms with Gasteiger partial charge in [-0.1, -0.05) is 0 Å². The van der Waals surface area contributed by atoms with Crippen molar-refractivity contribution in [3.63, 3.8) is 0 Å². The fourth-order valence-electron chi connectivity index (χ4n) is 4.44. The highest BCUT2D eigenvalue weighted by Gasteiger charge is 2.29. The quantitative estimate of drug-likeness (QED) is 0.553. The summed E-state index contributed by atoms with van der Waals surface area (Å²) in [6.07, 6.45) is 5.08. The number of ether oxygens (including phenoxy) is 2. The normalized spacial score (nSPS) is 18.5. The van der Waals surface area contributed by atoms with Crippen LogP contribution in [0.4, 0.5) is 10.5 Å². The third-order valence-electron chi connectivity index (χ3n) is 5.97. The molecule has 0 saturated heterocycles. The average Bonchev–Trinajstić information content (AvgIpc) is 3.29. The van der Waals surface area contributed by atoms with Crippen LogP contribution in [0.2, 0.25) is 0 Å². The van der Waals surface area contributed by atoms with Gasteiger partial charge in [-0.2, -0.15) is 0 Å². The summed E-state index contributed by atoms with van der Waals surface area (Å²) in [5.74, 6) is -0.339. The van der Waals surface area contributed by atoms with E-state index >= 15 is 0 Å². The van der Waals surface area contributed by atoms with Gasteiger partial charge in [-0.25, -0.2) is 14.6 Å². The number of hydrogen-bond donors (Lipinski definition) is 1. The first kappa shape index (κ1) is 25.0. The van der Waals surface area contributed by atoms with Crippen LogP contribution in [0.3, 0.4) is 0 Å². The van der Waals surface area contributed by atoms with E-state index in [-0.39, 0.29) is 18.1 Å². The molecule has 1 aromatic heterocycles. The minimum absolute atomic E-state index is 0.114. The summed E-state index contributed by atoms with van der Waals surface area (Å²) in [5.41, 5.74) is 2.94. The summed E-state index contributed by atoms with van der Waals surface area (Å²) in [6.45, 7) is 10.5. The van der Waals surface area contributed by atoms with E-state index in [9.17, 15) is 9.59 Å². The molecule has 1 saturated carbocycles. The molecule has 0 aliphatic heterocycles. The van der Waals surface area contributed by atoms with E-state index in [4.69, 9.17) is 9.47 Å². The van der Waals surface area contributed by atoms with Crippen molar-refractivity contribution in [3.05, 3.63) is 34.8 Å². The molecule has 1 fully saturated rings. The monoisotopic (exact) mass is 473 g/mol. The molecule has 1 heterocycles. The molecule has 1 N–H and O–H groups in total. The molecule has 3 rings (SSSR count). The number of esters is 1. The number of nitrogens with zero attached hydrogens (tertiary/aromatic N) is 2. The van der Waals surface area contributed by atoms with Gasteiger partial charge in [0.25, 0.3) is 0 Å². The summed E-state index contributed by atoms with van der Waals surface area (Å²) >= 11 is 1.55. The number of alkyl carbamates (subject to hydrolysis) is 1. The minimum Gasteiger partial charge on any atom is -0.465 e. The summed E-state index contributed by atoms with van der Waals surface area (Å²) in [4.78, 5) is 31.5. The van der Waals surface area contributed by atoms with Crippen molar-refractivity contribution >= 4 is 29.1 Å². The fourth-order valence-corrected chi connectivity index (χ4v) is 5.07. The first-order valence-electron chi connectivity index (χ1n) is 11.5. The maximum Gasteiger partial charge on any atom is 0.407 e. The molecule has 0 atom stereocenters. The standard InChI is InChI=1S/C25H35N3O4S/c1-7-28(19-10-8-18(9-11-19)27-24(30)32-25(3,4)5)21-15-17(22-26-12-13-33-22)14-20(16(21)2)23(29)31-6/h12-15,18-19H,7-11H2,1-6H3,(H,27,30)/t18-,19-. The van der Waals surface area contributed by atoms with Crippen molar-refractivity contribution in [3.8, 4) is 10.6 Å². The lowest BCUT2D eigenvalue weighted by molar-refractivity contribution is 0.0490. The van der Waals surface area contributed by atoms with E-state index < -0.39 is 5.60 Å². The van der Waals surface area contributed by atoms with E-state index in [1.165, 1.54) is 7.11 Å². The largest absolute Gasteiger partial charge is 0.465 e. The van der Waals surface area contributed by atoms with Crippen molar-refractivity contribution in [1.29, 1.82) is 0 Å². The molecule has 180 valence electrons. The SMILES string of the molecule is CCN(c1cc(-c2nccs2)cc(C(=O)OC)c1C)[C@H]1CC[C@H](NC(=O)OC(C)(C)C)CC1. The lowest BCUT2D eigenvalue weighted by Gasteiger charge is -2.39. The number of benzene rings is 1. The summed E-state index contributed by atoms with van der Waals surface area (Å²) < 4.78 is 10.5. The maximum absolute atomic E-state index is 12.5. The van der Waals surface area contributed by atoms with Crippen LogP contribution in [-0.4, -0.2) is 48.4 Å². The molecule has 1 aliphatic carbocycles. The fraction of sp³-hybridized carbons (Fsp3) is 0.560. The molecule has 2 aromatic rings. The van der Waals surface area contributed by atoms with Crippen molar-refractivity contribution in [2.75, 3.05) is 18.6 Å². The number of thiazole rings is 1. The van der Waals surface area contributed by atoms with Crippen LogP contribution in [0.25, 0.3) is 10.6 Å². The highest BCUT2D eigenvalue weighted by molar-refractivity contribution is 7.13. The Morgan fingerprint density at radius 1 is 1.21 bits per heavy atom. The van der Waals surface area contributed by atoms with Crippen LogP contribution < -0.4 is 10.2 Å². The highest BCUT2D eigenvalue weighted by Crippen LogP contribution is 2.35. The van der Waals surface area contributed by atoms with E-state index in [2.05, 4.69) is 28.2 Å². The third-order valence-corrected chi connectivity index (χ3v) is 6.80. The number of anilines is 1. The molecule has 7 nitrogen and oxygen atoms in total. The van der Waals surface area contributed by atoms with Crippen molar-refractivity contribution in [2.24, 2.45) is 0 Å². The Morgan fingerprint density at radius 2 is 1.91 bits per heavy atom. The van der Waals surface area contributed by atoms with Gasteiger partial charge in [0.05, 0.1) is 12.7 Å². The van der Waals surface area contributed by atoms with E-state index in [1.807, 2.05) is 39.1 Å². The van der Waals surface area contributed by atoms with E-state index in [0.717, 1.165) is 54.0 Å². The summed E-state index contributed by atoms with van der Waals surface area (Å²) in [6, 6.07) is 4.44. The summed E-state index contributed by atoms with van der Waals surface area (Å²) in [7, 11) is 1.41. The number of carbonyl (C=O) groups is 2. The molecular weight excluding hydrogens is 438 g/mol. The molecule has 0 bridgehead atoms. The number of amides is 1. The van der Waals surface area contributed by atoms with Crippen LogP contribution in [0, 0.1) is 6.92 Å². The number of methoxy groups -OCH3 is 1. The Bertz CT molecular complexity index is 961. The minimum atomic E-state index is -0.502. The van der Waals surface area contributed by atoms with Gasteiger partial charge in [0.2, 0.25) is 0 Å². The van der Waals surface area contributed by atoms with Gasteiger partial charge < -0.3 is 19.7 Å². The molecule has 0 spiro atoms. The number of rotatable bonds is 6. The first-order chi connectivity index (χ1) is 15.6. The predicted octanol–water partition coefficient (Wildman–Crippen LogP) is 5.57. The van der Waals surface area contributed by atoms with Gasteiger partial charge in [0.15, 0.2) is 0 Å². The van der Waals surface area contributed by atoms with Crippen molar-refractivity contribution < 1.29 is 19.1 Å². The predicted molar refractivity (Wildman–Crippen MR) is 132 cm³/mol. The number of hydrogen-bond acceptors (Lipinski definition) is 7. The Kier molecular flexibility index (Phi) is 8.00. The van der Waals surface area contributed by atoms with E-state index in [0.29, 0.717) is 11.6 Å². The Labute approximate surface area is 200 Å². The Hall–Kier alpha value is -2.61. The molecular formula is C25H35N3O4S. The average molecular weight is 474 g/mol. The number of nitrogens with one attached hydrogen (secondary N) is 1. The van der Waals surface area contributed by atoms with Gasteiger partial charge in [-0.05, 0) is 78.0 Å². The maximum atomic E-state index is 12.5. The third kappa shape index (κ3) is 6.25. The van der Waals surface area contributed by atoms with Crippen LogP contribution in [0.15, 0.2) is 23.7 Å². The second kappa shape index (κ2) is 10.5. The second-order valence-corrected chi connectivity index (χ2v) is 10.3. The van der Waals surface area contributed by atoms with Gasteiger partial charge in [-0.3, -0.25) is 0 Å². The molecule has 1 amide bonds. The van der Waals surface area contributed by atoms with Gasteiger partial charge in [0.1, 0.15) is 10.6 Å². The molecule has 33 heavy (non-hydrogen) atoms. The van der Waals surface area contributed by atoms with Crippen molar-refractivity contribution in [2.45, 2.75) is 78.0 Å². The van der Waals surface area contributed by atoms with Gasteiger partial charge in [0, 0.05) is 41.5 Å². The zero-order chi connectivity index (χ0) is 24.2. The number of aromatic nitrogens is 1. The molecule has 0 unspecified atom stereocenters. The molecule has 0 radical (unpaired) electrons. The van der Waals surface area contributed by atoms with Gasteiger partial charge in [-0.15, -0.1) is 11.3 Å². The topological polar surface area (TPSA) is 80.8 Å². The zero-order valence-electron chi connectivity index (χ0n) is 20.4. The first-order valence-corrected chi connectivity index (χ1v) is 12.4. The number of carbonyl (C=O) groups excluding carboxylic acids is 2. The Morgan fingerprint density at radius 3 is 2.45 bits per heavy atom. The van der Waals surface area contributed by atoms with Crippen LogP contribution >= 0.6 is 11.3 Å². The molecule has 8 heteroatoms. The van der Waals surface area contributed by atoms with Gasteiger partial charge >= 0.3 is 12.1 Å². The smallest absolute Gasteiger partial charge is 0.407 e. The highest BCUT2D eigenvalue weighted by atomic mass is 32.1. The zero-order valence-corrected chi connectivity index (χ0v) is 21.3. The summed E-state index contributed by atoms with van der Waals surface area (Å²) in [5, 5.41) is 5.83. The Balaban J connectivity index is 1.80. The lowest BCUT2D eigenvalue weighted by Crippen LogP contribution is -2.45.